The molecule has 0 saturated carbocycles. The van der Waals surface area contributed by atoms with Crippen LogP contribution in [-0.4, -0.2) is 23.5 Å². The summed E-state index contributed by atoms with van der Waals surface area (Å²) in [6, 6.07) is 4.17. The van der Waals surface area contributed by atoms with E-state index in [0.29, 0.717) is 0 Å². The van der Waals surface area contributed by atoms with Crippen LogP contribution in [0.3, 0.4) is 0 Å². The fourth-order valence-corrected chi connectivity index (χ4v) is 1.88. The normalized spacial score (nSPS) is 17.5. The molecule has 64 valence electrons. The molecule has 1 aliphatic rings. The Labute approximate surface area is 80.7 Å². The molecule has 0 N–H and O–H groups in total. The van der Waals surface area contributed by atoms with Crippen LogP contribution in [-0.2, 0) is 13.0 Å². The zero-order valence-corrected chi connectivity index (χ0v) is 8.63. The lowest BCUT2D eigenvalue weighted by Gasteiger charge is -2.23. The first-order valence-corrected chi connectivity index (χ1v) is 4.88. The van der Waals surface area contributed by atoms with Gasteiger partial charge >= 0.3 is 0 Å². The second kappa shape index (κ2) is 3.15. The van der Waals surface area contributed by atoms with Crippen molar-refractivity contribution in [1.29, 1.82) is 0 Å². The van der Waals surface area contributed by atoms with Gasteiger partial charge in [0.05, 0.1) is 0 Å². The van der Waals surface area contributed by atoms with Crippen molar-refractivity contribution in [2.45, 2.75) is 13.0 Å². The van der Waals surface area contributed by atoms with E-state index in [-0.39, 0.29) is 0 Å². The first-order valence-electron chi connectivity index (χ1n) is 4.08. The van der Waals surface area contributed by atoms with Gasteiger partial charge in [0.1, 0.15) is 4.60 Å². The number of hydrogen-bond donors (Lipinski definition) is 0. The number of nitrogens with zero attached hydrogens (tertiary/aromatic N) is 2. The van der Waals surface area contributed by atoms with Crippen LogP contribution in [0.1, 0.15) is 11.3 Å². The highest BCUT2D eigenvalue weighted by atomic mass is 79.9. The highest BCUT2D eigenvalue weighted by Gasteiger charge is 2.13. The van der Waals surface area contributed by atoms with Crippen LogP contribution < -0.4 is 0 Å². The molecule has 0 aromatic carbocycles. The minimum absolute atomic E-state index is 0.950. The Morgan fingerprint density at radius 3 is 3.17 bits per heavy atom. The number of hydrogen-bond acceptors (Lipinski definition) is 2. The molecular weight excluding hydrogens is 216 g/mol. The van der Waals surface area contributed by atoms with E-state index >= 15 is 0 Å². The number of aromatic nitrogens is 1. The molecule has 0 fully saturated rings. The third-order valence-electron chi connectivity index (χ3n) is 2.21. The molecule has 0 saturated heterocycles. The van der Waals surface area contributed by atoms with Gasteiger partial charge in [0, 0.05) is 25.2 Å². The lowest BCUT2D eigenvalue weighted by molar-refractivity contribution is 0.309. The molecule has 3 heteroatoms. The molecular formula is C9H11BrN2. The molecule has 2 nitrogen and oxygen atoms in total. The molecule has 1 aliphatic heterocycles. The van der Waals surface area contributed by atoms with Crippen LogP contribution >= 0.6 is 15.9 Å². The van der Waals surface area contributed by atoms with Crippen LogP contribution in [0.15, 0.2) is 16.7 Å². The summed E-state index contributed by atoms with van der Waals surface area (Å²) < 4.78 is 0.950. The lowest BCUT2D eigenvalue weighted by Crippen LogP contribution is -2.27. The maximum absolute atomic E-state index is 4.44. The lowest BCUT2D eigenvalue weighted by atomic mass is 10.1. The van der Waals surface area contributed by atoms with Gasteiger partial charge < -0.3 is 4.90 Å². The molecule has 2 heterocycles. The molecule has 1 aromatic heterocycles. The standard InChI is InChI=1S/C9H11BrN2/c1-12-5-4-8-7(6-12)2-3-9(10)11-8/h2-3H,4-6H2,1H3. The first kappa shape index (κ1) is 8.20. The van der Waals surface area contributed by atoms with Gasteiger partial charge in [-0.15, -0.1) is 0 Å². The van der Waals surface area contributed by atoms with Gasteiger partial charge in [0.25, 0.3) is 0 Å². The number of pyridine rings is 1. The second-order valence-corrected chi connectivity index (χ2v) is 4.04. The summed E-state index contributed by atoms with van der Waals surface area (Å²) in [5, 5.41) is 0. The Bertz CT molecular complexity index is 299. The summed E-state index contributed by atoms with van der Waals surface area (Å²) in [6.45, 7) is 2.16. The van der Waals surface area contributed by atoms with E-state index in [0.717, 1.165) is 24.1 Å². The van der Waals surface area contributed by atoms with Crippen molar-refractivity contribution in [3.8, 4) is 0 Å². The first-order chi connectivity index (χ1) is 5.75. The largest absolute Gasteiger partial charge is 0.302 e. The van der Waals surface area contributed by atoms with Crippen LogP contribution in [0, 0.1) is 0 Å². The quantitative estimate of drug-likeness (QED) is 0.628. The van der Waals surface area contributed by atoms with E-state index in [1.807, 2.05) is 6.07 Å². The summed E-state index contributed by atoms with van der Waals surface area (Å²) >= 11 is 3.38. The van der Waals surface area contributed by atoms with Gasteiger partial charge in [0.15, 0.2) is 0 Å². The fourth-order valence-electron chi connectivity index (χ4n) is 1.53. The highest BCUT2D eigenvalue weighted by molar-refractivity contribution is 9.10. The molecule has 0 amide bonds. The van der Waals surface area contributed by atoms with Crippen molar-refractivity contribution >= 4 is 15.9 Å². The van der Waals surface area contributed by atoms with E-state index in [9.17, 15) is 0 Å². The Morgan fingerprint density at radius 1 is 1.50 bits per heavy atom. The fraction of sp³-hybridized carbons (Fsp3) is 0.444. The third-order valence-corrected chi connectivity index (χ3v) is 2.65. The number of halogens is 1. The zero-order valence-electron chi connectivity index (χ0n) is 7.05. The Balaban J connectivity index is 2.37. The van der Waals surface area contributed by atoms with E-state index in [2.05, 4.69) is 38.9 Å². The van der Waals surface area contributed by atoms with Gasteiger partial charge in [-0.25, -0.2) is 4.98 Å². The van der Waals surface area contributed by atoms with E-state index < -0.39 is 0 Å². The second-order valence-electron chi connectivity index (χ2n) is 3.23. The third kappa shape index (κ3) is 1.52. The van der Waals surface area contributed by atoms with Gasteiger partial charge in [-0.2, -0.15) is 0 Å². The van der Waals surface area contributed by atoms with Crippen molar-refractivity contribution in [2.24, 2.45) is 0 Å². The van der Waals surface area contributed by atoms with Crippen LogP contribution in [0.25, 0.3) is 0 Å². The molecule has 2 rings (SSSR count). The van der Waals surface area contributed by atoms with E-state index in [4.69, 9.17) is 0 Å². The minimum atomic E-state index is 0.950. The van der Waals surface area contributed by atoms with Crippen molar-refractivity contribution in [3.05, 3.63) is 28.0 Å². The Kier molecular flexibility index (Phi) is 2.15. The SMILES string of the molecule is CN1CCc2nc(Br)ccc2C1. The van der Waals surface area contributed by atoms with Crippen molar-refractivity contribution < 1.29 is 0 Å². The average molecular weight is 227 g/mol. The number of rotatable bonds is 0. The monoisotopic (exact) mass is 226 g/mol. The van der Waals surface area contributed by atoms with Gasteiger partial charge in [-0.05, 0) is 34.6 Å². The summed E-state index contributed by atoms with van der Waals surface area (Å²) in [7, 11) is 2.14. The van der Waals surface area contributed by atoms with Crippen LogP contribution in [0.5, 0.6) is 0 Å². The van der Waals surface area contributed by atoms with Gasteiger partial charge in [0.2, 0.25) is 0 Å². The molecule has 12 heavy (non-hydrogen) atoms. The highest BCUT2D eigenvalue weighted by Crippen LogP contribution is 2.18. The van der Waals surface area contributed by atoms with Crippen LogP contribution in [0.4, 0.5) is 0 Å². The van der Waals surface area contributed by atoms with Crippen molar-refractivity contribution in [2.75, 3.05) is 13.6 Å². The predicted molar refractivity (Wildman–Crippen MR) is 52.0 cm³/mol. The topological polar surface area (TPSA) is 16.1 Å². The summed E-state index contributed by atoms with van der Waals surface area (Å²) in [4.78, 5) is 6.76. The predicted octanol–water partition coefficient (Wildman–Crippen LogP) is 1.83. The number of likely N-dealkylation sites (N-methyl/N-ethyl adjacent to an activating group) is 1. The molecule has 0 spiro atoms. The van der Waals surface area contributed by atoms with Crippen LogP contribution in [0.2, 0.25) is 0 Å². The smallest absolute Gasteiger partial charge is 0.106 e. The van der Waals surface area contributed by atoms with Crippen molar-refractivity contribution in [1.82, 2.24) is 9.88 Å². The molecule has 0 unspecified atom stereocenters. The van der Waals surface area contributed by atoms with Gasteiger partial charge in [-0.1, -0.05) is 6.07 Å². The summed E-state index contributed by atoms with van der Waals surface area (Å²) in [6.07, 6.45) is 1.07. The maximum atomic E-state index is 4.44. The molecule has 0 bridgehead atoms. The Hall–Kier alpha value is -0.410. The van der Waals surface area contributed by atoms with Crippen molar-refractivity contribution in [3.63, 3.8) is 0 Å². The molecule has 0 atom stereocenters. The molecule has 0 aliphatic carbocycles. The average Bonchev–Trinajstić information content (AvgIpc) is 2.05. The minimum Gasteiger partial charge on any atom is -0.302 e. The molecule has 0 radical (unpaired) electrons. The van der Waals surface area contributed by atoms with Gasteiger partial charge in [-0.3, -0.25) is 0 Å². The summed E-state index contributed by atoms with van der Waals surface area (Å²) in [5.41, 5.74) is 2.62. The molecule has 1 aromatic rings. The maximum Gasteiger partial charge on any atom is 0.106 e. The zero-order chi connectivity index (χ0) is 8.55. The van der Waals surface area contributed by atoms with E-state index in [1.54, 1.807) is 0 Å². The summed E-state index contributed by atoms with van der Waals surface area (Å²) in [5.74, 6) is 0. The Morgan fingerprint density at radius 2 is 2.33 bits per heavy atom. The number of fused-ring (bicyclic) bond motifs is 1. The van der Waals surface area contributed by atoms with E-state index in [1.165, 1.54) is 11.3 Å².